The van der Waals surface area contributed by atoms with Gasteiger partial charge in [-0.2, -0.15) is 13.2 Å². The van der Waals surface area contributed by atoms with Gasteiger partial charge in [-0.15, -0.1) is 0 Å². The van der Waals surface area contributed by atoms with Gasteiger partial charge in [0.25, 0.3) is 0 Å². The second-order valence-corrected chi connectivity index (χ2v) is 9.20. The van der Waals surface area contributed by atoms with Gasteiger partial charge in [-0.05, 0) is 50.7 Å². The third-order valence-electron chi connectivity index (χ3n) is 6.31. The molecular weight excluding hydrogens is 529 g/mol. The number of nitrogens with zero attached hydrogens (tertiary/aromatic N) is 2. The quantitative estimate of drug-likeness (QED) is 0.531. The first-order valence-electron chi connectivity index (χ1n) is 12.2. The number of piperidine rings is 1. The molecule has 39 heavy (non-hydrogen) atoms. The molecule has 1 fully saturated rings. The molecule has 214 valence electrons. The summed E-state index contributed by atoms with van der Waals surface area (Å²) >= 11 is 0. The predicted molar refractivity (Wildman–Crippen MR) is 130 cm³/mol. The molecular formula is C26H30F5N3O5. The highest BCUT2D eigenvalue weighted by atomic mass is 19.4. The number of carboxylic acid groups (broad SMARTS) is 1. The van der Waals surface area contributed by atoms with E-state index in [4.69, 9.17) is 19.4 Å². The fourth-order valence-electron chi connectivity index (χ4n) is 4.14. The van der Waals surface area contributed by atoms with Crippen LogP contribution in [-0.2, 0) is 29.2 Å². The minimum absolute atomic E-state index is 0.0109. The number of alkyl halides is 3. The van der Waals surface area contributed by atoms with Crippen molar-refractivity contribution in [3.05, 3.63) is 64.7 Å². The SMILES string of the molecule is CN1CCC(N(Cc2ccc(F)cc2F)C(=O)NCc2ccc3c(c2)OCCOC3)CC1.O=C(O)C(F)(F)F. The van der Waals surface area contributed by atoms with Crippen molar-refractivity contribution >= 4 is 12.0 Å². The molecule has 1 saturated heterocycles. The Hall–Kier alpha value is -3.45. The number of likely N-dealkylation sites (tertiary alicyclic amines) is 1. The zero-order valence-corrected chi connectivity index (χ0v) is 21.3. The van der Waals surface area contributed by atoms with Crippen LogP contribution in [0.15, 0.2) is 36.4 Å². The largest absolute Gasteiger partial charge is 0.491 e. The van der Waals surface area contributed by atoms with Gasteiger partial charge in [-0.3, -0.25) is 0 Å². The van der Waals surface area contributed by atoms with E-state index in [0.717, 1.165) is 48.9 Å². The summed E-state index contributed by atoms with van der Waals surface area (Å²) in [6.07, 6.45) is -3.47. The predicted octanol–water partition coefficient (Wildman–Crippen LogP) is 4.31. The fraction of sp³-hybridized carbons (Fsp3) is 0.462. The smallest absolute Gasteiger partial charge is 0.490 e. The van der Waals surface area contributed by atoms with Crippen LogP contribution < -0.4 is 10.1 Å². The Morgan fingerprint density at radius 2 is 1.79 bits per heavy atom. The fourth-order valence-corrected chi connectivity index (χ4v) is 4.14. The lowest BCUT2D eigenvalue weighted by molar-refractivity contribution is -0.192. The molecule has 2 aliphatic rings. The number of halogens is 5. The number of aliphatic carboxylic acids is 1. The van der Waals surface area contributed by atoms with Crippen molar-refractivity contribution in [3.8, 4) is 5.75 Å². The second kappa shape index (κ2) is 13.6. The average molecular weight is 560 g/mol. The topological polar surface area (TPSA) is 91.3 Å². The molecule has 0 atom stereocenters. The van der Waals surface area contributed by atoms with Crippen LogP contribution in [0.25, 0.3) is 0 Å². The Labute approximate surface area is 222 Å². The molecule has 13 heteroatoms. The van der Waals surface area contributed by atoms with Crippen molar-refractivity contribution in [2.75, 3.05) is 33.4 Å². The number of hydrogen-bond donors (Lipinski definition) is 2. The number of hydrogen-bond acceptors (Lipinski definition) is 5. The molecule has 0 aromatic heterocycles. The van der Waals surface area contributed by atoms with Gasteiger partial charge in [0.1, 0.15) is 24.0 Å². The zero-order valence-electron chi connectivity index (χ0n) is 21.3. The minimum Gasteiger partial charge on any atom is -0.491 e. The Morgan fingerprint density at radius 1 is 1.10 bits per heavy atom. The molecule has 0 spiro atoms. The average Bonchev–Trinajstić information content (AvgIpc) is 3.12. The summed E-state index contributed by atoms with van der Waals surface area (Å²) in [5.41, 5.74) is 2.20. The van der Waals surface area contributed by atoms with Crippen molar-refractivity contribution in [2.45, 2.75) is 44.8 Å². The molecule has 4 rings (SSSR count). The van der Waals surface area contributed by atoms with Crippen LogP contribution >= 0.6 is 0 Å². The summed E-state index contributed by atoms with van der Waals surface area (Å²) in [6, 6.07) is 9.03. The lowest BCUT2D eigenvalue weighted by Gasteiger charge is -2.37. The van der Waals surface area contributed by atoms with E-state index in [-0.39, 0.29) is 18.6 Å². The van der Waals surface area contributed by atoms with Crippen molar-refractivity contribution in [1.29, 1.82) is 0 Å². The number of nitrogens with one attached hydrogen (secondary N) is 1. The van der Waals surface area contributed by atoms with Crippen LogP contribution in [0.2, 0.25) is 0 Å². The first-order valence-corrected chi connectivity index (χ1v) is 12.2. The third kappa shape index (κ3) is 9.06. The molecule has 8 nitrogen and oxygen atoms in total. The molecule has 0 radical (unpaired) electrons. The van der Waals surface area contributed by atoms with Crippen LogP contribution in [0.3, 0.4) is 0 Å². The van der Waals surface area contributed by atoms with Crippen molar-refractivity contribution in [2.24, 2.45) is 0 Å². The molecule has 0 bridgehead atoms. The van der Waals surface area contributed by atoms with Gasteiger partial charge >= 0.3 is 18.2 Å². The van der Waals surface area contributed by atoms with E-state index in [9.17, 15) is 26.7 Å². The molecule has 2 N–H and O–H groups in total. The second-order valence-electron chi connectivity index (χ2n) is 9.20. The number of carbonyl (C=O) groups is 2. The van der Waals surface area contributed by atoms with E-state index >= 15 is 0 Å². The van der Waals surface area contributed by atoms with Gasteiger partial charge in [0.2, 0.25) is 0 Å². The van der Waals surface area contributed by atoms with Crippen molar-refractivity contribution in [1.82, 2.24) is 15.1 Å². The lowest BCUT2D eigenvalue weighted by Crippen LogP contribution is -2.49. The van der Waals surface area contributed by atoms with E-state index in [2.05, 4.69) is 10.2 Å². The Bertz CT molecular complexity index is 1140. The number of benzene rings is 2. The van der Waals surface area contributed by atoms with Gasteiger partial charge in [-0.1, -0.05) is 18.2 Å². The van der Waals surface area contributed by atoms with Gasteiger partial charge in [0.15, 0.2) is 0 Å². The molecule has 0 aliphatic carbocycles. The summed E-state index contributed by atoms with van der Waals surface area (Å²) in [6.45, 7) is 3.70. The molecule has 2 amide bonds. The van der Waals surface area contributed by atoms with Crippen LogP contribution in [-0.4, -0.2) is 72.5 Å². The summed E-state index contributed by atoms with van der Waals surface area (Å²) in [7, 11) is 2.05. The number of rotatable bonds is 5. The standard InChI is InChI=1S/C24H29F2N3O3.C2HF3O2/c1-28-8-6-21(7-9-28)29(15-18-4-5-20(25)13-22(18)26)24(30)27-14-17-2-3-19-16-31-10-11-32-23(19)12-17;3-2(4,5)1(6)7/h2-5,12-13,21H,6-11,14-16H2,1H3,(H,27,30);(H,6,7). The maximum absolute atomic E-state index is 14.3. The zero-order chi connectivity index (χ0) is 28.6. The maximum Gasteiger partial charge on any atom is 0.490 e. The van der Waals surface area contributed by atoms with Gasteiger partial charge < -0.3 is 29.7 Å². The Kier molecular flexibility index (Phi) is 10.5. The first-order chi connectivity index (χ1) is 18.4. The summed E-state index contributed by atoms with van der Waals surface area (Å²) in [5.74, 6) is -3.25. The van der Waals surface area contributed by atoms with Gasteiger partial charge in [0.05, 0.1) is 19.8 Å². The molecule has 2 heterocycles. The highest BCUT2D eigenvalue weighted by Gasteiger charge is 2.38. The van der Waals surface area contributed by atoms with Crippen molar-refractivity contribution < 1.29 is 46.1 Å². The Balaban J connectivity index is 0.000000532. The van der Waals surface area contributed by atoms with Crippen LogP contribution in [0, 0.1) is 11.6 Å². The van der Waals surface area contributed by atoms with Crippen molar-refractivity contribution in [3.63, 3.8) is 0 Å². The van der Waals surface area contributed by atoms with Gasteiger partial charge in [-0.25, -0.2) is 18.4 Å². The highest BCUT2D eigenvalue weighted by molar-refractivity contribution is 5.74. The van der Waals surface area contributed by atoms with Crippen LogP contribution in [0.1, 0.15) is 29.5 Å². The van der Waals surface area contributed by atoms with Crippen LogP contribution in [0.4, 0.5) is 26.7 Å². The number of amides is 2. The summed E-state index contributed by atoms with van der Waals surface area (Å²) in [5, 5.41) is 10.1. The number of urea groups is 1. The maximum atomic E-state index is 14.3. The van der Waals surface area contributed by atoms with E-state index in [1.54, 1.807) is 4.90 Å². The van der Waals surface area contributed by atoms with Gasteiger partial charge in [0, 0.05) is 29.8 Å². The normalized spacial score (nSPS) is 16.2. The molecule has 0 unspecified atom stereocenters. The Morgan fingerprint density at radius 3 is 2.44 bits per heavy atom. The monoisotopic (exact) mass is 559 g/mol. The van der Waals surface area contributed by atoms with E-state index in [0.29, 0.717) is 31.9 Å². The minimum atomic E-state index is -5.08. The lowest BCUT2D eigenvalue weighted by atomic mass is 10.0. The number of carbonyl (C=O) groups excluding carboxylic acids is 1. The number of ether oxygens (including phenoxy) is 2. The van der Waals surface area contributed by atoms with E-state index < -0.39 is 23.8 Å². The van der Waals surface area contributed by atoms with E-state index in [1.165, 1.54) is 12.1 Å². The highest BCUT2D eigenvalue weighted by Crippen LogP contribution is 2.24. The number of fused-ring (bicyclic) bond motifs is 1. The van der Waals surface area contributed by atoms with Crippen LogP contribution in [0.5, 0.6) is 5.75 Å². The molecule has 2 aliphatic heterocycles. The molecule has 2 aromatic rings. The third-order valence-corrected chi connectivity index (χ3v) is 6.31. The summed E-state index contributed by atoms with van der Waals surface area (Å²) < 4.78 is 70.6. The molecule has 2 aromatic carbocycles. The first kappa shape index (κ1) is 30.1. The summed E-state index contributed by atoms with van der Waals surface area (Å²) in [4.78, 5) is 26.0. The van der Waals surface area contributed by atoms with E-state index in [1.807, 2.05) is 25.2 Å². The number of carboxylic acids is 1. The molecule has 0 saturated carbocycles.